The van der Waals surface area contributed by atoms with Gasteiger partial charge in [-0.1, -0.05) is 50.6 Å². The van der Waals surface area contributed by atoms with E-state index in [1.807, 2.05) is 54.6 Å². The van der Waals surface area contributed by atoms with Crippen molar-refractivity contribution in [3.05, 3.63) is 88.3 Å². The first-order chi connectivity index (χ1) is 17.4. The van der Waals surface area contributed by atoms with Gasteiger partial charge in [-0.15, -0.1) is 11.8 Å². The van der Waals surface area contributed by atoms with E-state index in [1.54, 1.807) is 31.8 Å². The smallest absolute Gasteiger partial charge is 0.309 e. The predicted molar refractivity (Wildman–Crippen MR) is 152 cm³/mol. The summed E-state index contributed by atoms with van der Waals surface area (Å²) in [6, 6.07) is 17.6. The first-order valence-electron chi connectivity index (χ1n) is 12.3. The third kappa shape index (κ3) is 6.68. The van der Waals surface area contributed by atoms with E-state index in [1.165, 1.54) is 0 Å². The first-order valence-corrected chi connectivity index (χ1v) is 13.5. The van der Waals surface area contributed by atoms with Crippen LogP contribution >= 0.6 is 23.4 Å². The number of halogens is 1. The van der Waals surface area contributed by atoms with Gasteiger partial charge in [-0.05, 0) is 55.8 Å². The second-order valence-corrected chi connectivity index (χ2v) is 13.2. The van der Waals surface area contributed by atoms with Crippen LogP contribution in [0, 0.1) is 5.41 Å². The molecule has 194 valence electrons. The zero-order valence-corrected chi connectivity index (χ0v) is 23.5. The molecule has 0 aliphatic rings. The summed E-state index contributed by atoms with van der Waals surface area (Å²) in [6.45, 7) is 10.4. The van der Waals surface area contributed by atoms with Crippen molar-refractivity contribution >= 4 is 40.2 Å². The third-order valence-corrected chi connectivity index (χ3v) is 7.58. The maximum Gasteiger partial charge on any atom is 0.309 e. The van der Waals surface area contributed by atoms with Crippen LogP contribution in [0.1, 0.15) is 57.1 Å². The maximum absolute atomic E-state index is 12.0. The molecule has 0 radical (unpaired) electrons. The summed E-state index contributed by atoms with van der Waals surface area (Å²) in [4.78, 5) is 21.0. The molecular formula is C30H33ClN2O3S. The van der Waals surface area contributed by atoms with Crippen LogP contribution in [-0.2, 0) is 24.2 Å². The number of carboxylic acid groups (broad SMARTS) is 1. The molecule has 7 heteroatoms. The lowest BCUT2D eigenvalue weighted by atomic mass is 9.88. The number of rotatable bonds is 9. The van der Waals surface area contributed by atoms with E-state index < -0.39 is 11.4 Å². The van der Waals surface area contributed by atoms with Gasteiger partial charge in [0, 0.05) is 55.9 Å². The highest BCUT2D eigenvalue weighted by molar-refractivity contribution is 8.00. The van der Waals surface area contributed by atoms with Gasteiger partial charge >= 0.3 is 5.97 Å². The Morgan fingerprint density at radius 3 is 2.41 bits per heavy atom. The molecule has 37 heavy (non-hydrogen) atoms. The maximum atomic E-state index is 12.0. The number of carbonyl (C=O) groups is 1. The van der Waals surface area contributed by atoms with Crippen molar-refractivity contribution in [1.29, 1.82) is 0 Å². The Morgan fingerprint density at radius 2 is 1.78 bits per heavy atom. The summed E-state index contributed by atoms with van der Waals surface area (Å²) < 4.78 is 6.27. The van der Waals surface area contributed by atoms with Gasteiger partial charge in [0.25, 0.3) is 0 Å². The van der Waals surface area contributed by atoms with E-state index in [-0.39, 0.29) is 4.75 Å². The molecule has 0 saturated heterocycles. The van der Waals surface area contributed by atoms with E-state index in [2.05, 4.69) is 30.7 Å². The number of benzene rings is 2. The average Bonchev–Trinajstić information content (AvgIpc) is 3.15. The zero-order chi connectivity index (χ0) is 26.8. The normalized spacial score (nSPS) is 12.2. The van der Waals surface area contributed by atoms with Crippen molar-refractivity contribution in [2.75, 3.05) is 0 Å². The standard InChI is InChI=1S/C30H33ClN2O3S/c1-29(2,3)37-27-24(17-30(4,5)28(34)35)33-23-13-14-25(36-18-21-8-6-7-15-32-21)22(26(23)27)16-19-9-11-20(31)12-10-19/h6-15,33H,16-18H2,1-5H3,(H,34,35). The Balaban J connectivity index is 1.88. The highest BCUT2D eigenvalue weighted by atomic mass is 35.5. The van der Waals surface area contributed by atoms with Crippen LogP contribution in [0.4, 0.5) is 0 Å². The van der Waals surface area contributed by atoms with Gasteiger partial charge in [0.05, 0.1) is 11.1 Å². The summed E-state index contributed by atoms with van der Waals surface area (Å²) >= 11 is 7.91. The van der Waals surface area contributed by atoms with Gasteiger partial charge in [-0.25, -0.2) is 0 Å². The molecule has 0 fully saturated rings. The topological polar surface area (TPSA) is 75.2 Å². The molecule has 0 spiro atoms. The van der Waals surface area contributed by atoms with Gasteiger partial charge in [0.2, 0.25) is 0 Å². The molecule has 0 aliphatic heterocycles. The molecule has 0 aliphatic carbocycles. The monoisotopic (exact) mass is 536 g/mol. The van der Waals surface area contributed by atoms with E-state index in [9.17, 15) is 9.90 Å². The molecule has 4 aromatic rings. The van der Waals surface area contributed by atoms with Gasteiger partial charge in [-0.3, -0.25) is 9.78 Å². The number of aromatic amines is 1. The van der Waals surface area contributed by atoms with Crippen LogP contribution < -0.4 is 4.74 Å². The van der Waals surface area contributed by atoms with Gasteiger partial charge in [0.15, 0.2) is 0 Å². The lowest BCUT2D eigenvalue weighted by Gasteiger charge is -2.23. The third-order valence-electron chi connectivity index (χ3n) is 6.06. The lowest BCUT2D eigenvalue weighted by molar-refractivity contribution is -0.146. The Labute approximate surface area is 227 Å². The number of hydrogen-bond acceptors (Lipinski definition) is 4. The van der Waals surface area contributed by atoms with Crippen molar-refractivity contribution in [3.8, 4) is 5.75 Å². The molecule has 4 rings (SSSR count). The van der Waals surface area contributed by atoms with Crippen LogP contribution in [0.3, 0.4) is 0 Å². The number of nitrogens with zero attached hydrogens (tertiary/aromatic N) is 1. The average molecular weight is 537 g/mol. The molecule has 0 atom stereocenters. The second kappa shape index (κ2) is 10.8. The molecule has 2 aromatic carbocycles. The number of carboxylic acids is 1. The quantitative estimate of drug-likeness (QED) is 0.212. The van der Waals surface area contributed by atoms with Crippen molar-refractivity contribution in [2.45, 2.75) is 63.7 Å². The Kier molecular flexibility index (Phi) is 7.91. The minimum atomic E-state index is -0.914. The van der Waals surface area contributed by atoms with E-state index >= 15 is 0 Å². The van der Waals surface area contributed by atoms with Gasteiger partial charge in [0.1, 0.15) is 12.4 Å². The van der Waals surface area contributed by atoms with Crippen LogP contribution in [0.5, 0.6) is 5.75 Å². The van der Waals surface area contributed by atoms with Crippen molar-refractivity contribution < 1.29 is 14.6 Å². The number of aromatic nitrogens is 2. The number of fused-ring (bicyclic) bond motifs is 1. The van der Waals surface area contributed by atoms with Crippen molar-refractivity contribution in [2.24, 2.45) is 5.41 Å². The van der Waals surface area contributed by atoms with Gasteiger partial charge in [-0.2, -0.15) is 0 Å². The Morgan fingerprint density at radius 1 is 1.05 bits per heavy atom. The van der Waals surface area contributed by atoms with Crippen LogP contribution in [0.15, 0.2) is 65.7 Å². The molecule has 2 heterocycles. The van der Waals surface area contributed by atoms with E-state index in [4.69, 9.17) is 16.3 Å². The molecule has 0 unspecified atom stereocenters. The summed E-state index contributed by atoms with van der Waals surface area (Å²) in [5.41, 5.74) is 4.00. The van der Waals surface area contributed by atoms with E-state index in [0.717, 1.165) is 44.1 Å². The zero-order valence-electron chi connectivity index (χ0n) is 21.9. The molecule has 2 N–H and O–H groups in total. The van der Waals surface area contributed by atoms with Crippen molar-refractivity contribution in [1.82, 2.24) is 9.97 Å². The van der Waals surface area contributed by atoms with Gasteiger partial charge < -0.3 is 14.8 Å². The molecular weight excluding hydrogens is 504 g/mol. The number of hydrogen-bond donors (Lipinski definition) is 2. The number of H-pyrrole nitrogens is 1. The first kappa shape index (κ1) is 27.1. The fourth-order valence-electron chi connectivity index (χ4n) is 4.18. The summed E-state index contributed by atoms with van der Waals surface area (Å²) in [5, 5.41) is 11.6. The molecule has 0 amide bonds. The summed E-state index contributed by atoms with van der Waals surface area (Å²) in [6.07, 6.45) is 2.79. The number of thioether (sulfide) groups is 1. The summed E-state index contributed by atoms with van der Waals surface area (Å²) in [7, 11) is 0. The molecule has 2 aromatic heterocycles. The number of pyridine rings is 1. The molecule has 5 nitrogen and oxygen atoms in total. The van der Waals surface area contributed by atoms with Crippen molar-refractivity contribution in [3.63, 3.8) is 0 Å². The fourth-order valence-corrected chi connectivity index (χ4v) is 5.50. The molecule has 0 bridgehead atoms. The van der Waals surface area contributed by atoms with Crippen LogP contribution in [0.2, 0.25) is 5.02 Å². The minimum absolute atomic E-state index is 0.0837. The van der Waals surface area contributed by atoms with Crippen LogP contribution in [0.25, 0.3) is 10.9 Å². The molecule has 0 saturated carbocycles. The summed E-state index contributed by atoms with van der Waals surface area (Å²) in [5.74, 6) is -0.0365. The number of aliphatic carboxylic acids is 1. The lowest BCUT2D eigenvalue weighted by Crippen LogP contribution is -2.26. The fraction of sp³-hybridized carbons (Fsp3) is 0.333. The SMILES string of the molecule is CC(C)(C)Sc1c(CC(C)(C)C(=O)O)[nH]c2ccc(OCc3ccccn3)c(Cc3ccc(Cl)cc3)c12. The largest absolute Gasteiger partial charge is 0.487 e. The van der Waals surface area contributed by atoms with E-state index in [0.29, 0.717) is 24.5 Å². The Bertz CT molecular complexity index is 1390. The minimum Gasteiger partial charge on any atom is -0.487 e. The second-order valence-electron chi connectivity index (χ2n) is 10.9. The predicted octanol–water partition coefficient (Wildman–Crippen LogP) is 7.93. The Hall–Kier alpha value is -2.96. The highest BCUT2D eigenvalue weighted by Gasteiger charge is 2.32. The highest BCUT2D eigenvalue weighted by Crippen LogP contribution is 2.45. The number of nitrogens with one attached hydrogen (secondary N) is 1. The van der Waals surface area contributed by atoms with Crippen LogP contribution in [-0.4, -0.2) is 25.8 Å². The number of ether oxygens (including phenoxy) is 1.